The van der Waals surface area contributed by atoms with Crippen molar-refractivity contribution in [1.29, 1.82) is 0 Å². The number of nitrogens with zero attached hydrogens (tertiary/aromatic N) is 4. The molecule has 7 heteroatoms. The Kier molecular flexibility index (Phi) is 5.72. The smallest absolute Gasteiger partial charge is 0.225 e. The molecule has 0 atom stereocenters. The van der Waals surface area contributed by atoms with Gasteiger partial charge in [-0.1, -0.05) is 11.6 Å². The van der Waals surface area contributed by atoms with Gasteiger partial charge in [0, 0.05) is 49.5 Å². The molecule has 2 aromatic heterocycles. The Morgan fingerprint density at radius 1 is 1.24 bits per heavy atom. The number of carbonyl (C=O) groups is 1. The van der Waals surface area contributed by atoms with Gasteiger partial charge in [-0.3, -0.25) is 9.78 Å². The van der Waals surface area contributed by atoms with E-state index in [0.29, 0.717) is 10.9 Å². The molecule has 3 aromatic rings. The molecule has 0 spiro atoms. The van der Waals surface area contributed by atoms with E-state index in [1.807, 2.05) is 36.9 Å². The quantitative estimate of drug-likeness (QED) is 0.677. The first-order valence-corrected chi connectivity index (χ1v) is 10.6. The number of aromatic amines is 1. The summed E-state index contributed by atoms with van der Waals surface area (Å²) in [6, 6.07) is 7.93. The molecule has 4 rings (SSSR count). The van der Waals surface area contributed by atoms with Gasteiger partial charge in [-0.15, -0.1) is 0 Å². The molecule has 0 radical (unpaired) electrons. The van der Waals surface area contributed by atoms with E-state index in [0.717, 1.165) is 67.1 Å². The SMILES string of the molecule is CCN(CC)C(=O)C1CCN(c2ccc(Cl)c(-c3nc4ccncc4[nH]3)c2)CC1. The number of imidazole rings is 1. The predicted molar refractivity (Wildman–Crippen MR) is 117 cm³/mol. The summed E-state index contributed by atoms with van der Waals surface area (Å²) in [4.78, 5) is 29.0. The maximum Gasteiger partial charge on any atom is 0.225 e. The van der Waals surface area contributed by atoms with Crippen LogP contribution in [0.15, 0.2) is 36.7 Å². The van der Waals surface area contributed by atoms with Crippen LogP contribution in [0.5, 0.6) is 0 Å². The van der Waals surface area contributed by atoms with Crippen molar-refractivity contribution in [2.45, 2.75) is 26.7 Å². The lowest BCUT2D eigenvalue weighted by atomic mass is 9.94. The van der Waals surface area contributed by atoms with Gasteiger partial charge in [0.15, 0.2) is 0 Å². The Morgan fingerprint density at radius 3 is 2.69 bits per heavy atom. The number of amides is 1. The summed E-state index contributed by atoms with van der Waals surface area (Å²) in [6.45, 7) is 7.37. The second-order valence-corrected chi connectivity index (χ2v) is 7.82. The second-order valence-electron chi connectivity index (χ2n) is 7.41. The summed E-state index contributed by atoms with van der Waals surface area (Å²) >= 11 is 6.48. The molecule has 1 saturated heterocycles. The monoisotopic (exact) mass is 411 g/mol. The second kappa shape index (κ2) is 8.41. The maximum absolute atomic E-state index is 12.6. The molecule has 6 nitrogen and oxygen atoms in total. The van der Waals surface area contributed by atoms with Gasteiger partial charge in [-0.2, -0.15) is 0 Å². The van der Waals surface area contributed by atoms with E-state index >= 15 is 0 Å². The van der Waals surface area contributed by atoms with Crippen molar-refractivity contribution < 1.29 is 4.79 Å². The summed E-state index contributed by atoms with van der Waals surface area (Å²) in [7, 11) is 0. The maximum atomic E-state index is 12.6. The van der Waals surface area contributed by atoms with Crippen molar-refractivity contribution in [3.63, 3.8) is 0 Å². The Morgan fingerprint density at radius 2 is 2.00 bits per heavy atom. The zero-order valence-electron chi connectivity index (χ0n) is 16.9. The number of hydrogen-bond donors (Lipinski definition) is 1. The van der Waals surface area contributed by atoms with Crippen LogP contribution in [0.25, 0.3) is 22.4 Å². The summed E-state index contributed by atoms with van der Waals surface area (Å²) in [5, 5.41) is 0.660. The minimum atomic E-state index is 0.126. The van der Waals surface area contributed by atoms with E-state index < -0.39 is 0 Å². The zero-order valence-corrected chi connectivity index (χ0v) is 17.6. The van der Waals surface area contributed by atoms with Gasteiger partial charge in [0.25, 0.3) is 0 Å². The van der Waals surface area contributed by atoms with E-state index in [1.165, 1.54) is 0 Å². The number of piperidine rings is 1. The van der Waals surface area contributed by atoms with Crippen LogP contribution in [0.3, 0.4) is 0 Å². The fourth-order valence-corrected chi connectivity index (χ4v) is 4.26. The zero-order chi connectivity index (χ0) is 20.4. The van der Waals surface area contributed by atoms with Crippen molar-refractivity contribution in [3.8, 4) is 11.4 Å². The van der Waals surface area contributed by atoms with Gasteiger partial charge in [0.1, 0.15) is 5.82 Å². The third-order valence-corrected chi connectivity index (χ3v) is 6.10. The van der Waals surface area contributed by atoms with E-state index in [2.05, 4.69) is 25.9 Å². The van der Waals surface area contributed by atoms with Crippen LogP contribution >= 0.6 is 11.6 Å². The first-order chi connectivity index (χ1) is 14.1. The van der Waals surface area contributed by atoms with Crippen LogP contribution in [0, 0.1) is 5.92 Å². The molecule has 0 aliphatic carbocycles. The molecule has 1 aromatic carbocycles. The van der Waals surface area contributed by atoms with Gasteiger partial charge in [-0.25, -0.2) is 4.98 Å². The minimum Gasteiger partial charge on any atom is -0.371 e. The molecular formula is C22H26ClN5O. The molecule has 1 aliphatic rings. The molecule has 1 fully saturated rings. The van der Waals surface area contributed by atoms with Gasteiger partial charge < -0.3 is 14.8 Å². The lowest BCUT2D eigenvalue weighted by Crippen LogP contribution is -2.42. The summed E-state index contributed by atoms with van der Waals surface area (Å²) < 4.78 is 0. The normalized spacial score (nSPS) is 15.1. The molecule has 0 unspecified atom stereocenters. The highest BCUT2D eigenvalue weighted by atomic mass is 35.5. The Labute approximate surface area is 175 Å². The lowest BCUT2D eigenvalue weighted by Gasteiger charge is -2.35. The number of pyridine rings is 1. The van der Waals surface area contributed by atoms with Crippen LogP contribution in [0.1, 0.15) is 26.7 Å². The molecule has 1 N–H and O–H groups in total. The van der Waals surface area contributed by atoms with Crippen LogP contribution < -0.4 is 4.90 Å². The average molecular weight is 412 g/mol. The standard InChI is InChI=1S/C22H26ClN5O/c1-3-27(4-2)22(29)15-8-11-28(12-9-15)16-5-6-18(23)17(13-16)21-25-19-7-10-24-14-20(19)26-21/h5-7,10,13-15H,3-4,8-9,11-12H2,1-2H3,(H,25,26). The van der Waals surface area contributed by atoms with Crippen molar-refractivity contribution in [2.75, 3.05) is 31.1 Å². The number of aromatic nitrogens is 3. The molecule has 1 amide bonds. The first-order valence-electron chi connectivity index (χ1n) is 10.2. The van der Waals surface area contributed by atoms with E-state index in [4.69, 9.17) is 11.6 Å². The van der Waals surface area contributed by atoms with Crippen LogP contribution in [0.4, 0.5) is 5.69 Å². The number of hydrogen-bond acceptors (Lipinski definition) is 4. The Balaban J connectivity index is 1.52. The molecule has 3 heterocycles. The lowest BCUT2D eigenvalue weighted by molar-refractivity contribution is -0.135. The van der Waals surface area contributed by atoms with Gasteiger partial charge in [0.05, 0.1) is 22.3 Å². The Hall–Kier alpha value is -2.60. The number of rotatable bonds is 5. The van der Waals surface area contributed by atoms with Gasteiger partial charge >= 0.3 is 0 Å². The highest BCUT2D eigenvalue weighted by Crippen LogP contribution is 2.33. The number of halogens is 1. The molecular weight excluding hydrogens is 386 g/mol. The van der Waals surface area contributed by atoms with Crippen molar-refractivity contribution >= 4 is 34.2 Å². The highest BCUT2D eigenvalue weighted by molar-refractivity contribution is 6.33. The van der Waals surface area contributed by atoms with E-state index in [-0.39, 0.29) is 5.92 Å². The number of anilines is 1. The van der Waals surface area contributed by atoms with Crippen LogP contribution in [0.2, 0.25) is 5.02 Å². The predicted octanol–water partition coefficient (Wildman–Crippen LogP) is 4.36. The van der Waals surface area contributed by atoms with Crippen molar-refractivity contribution in [1.82, 2.24) is 19.9 Å². The summed E-state index contributed by atoms with van der Waals surface area (Å²) in [5.74, 6) is 1.16. The van der Waals surface area contributed by atoms with E-state index in [1.54, 1.807) is 12.4 Å². The van der Waals surface area contributed by atoms with Crippen LogP contribution in [-0.2, 0) is 4.79 Å². The molecule has 0 bridgehead atoms. The Bertz CT molecular complexity index is 972. The van der Waals surface area contributed by atoms with Crippen LogP contribution in [-0.4, -0.2) is 51.9 Å². The first kappa shape index (κ1) is 19.7. The molecule has 1 aliphatic heterocycles. The van der Waals surface area contributed by atoms with Gasteiger partial charge in [-0.05, 0) is 51.0 Å². The summed E-state index contributed by atoms with van der Waals surface area (Å²) in [5.41, 5.74) is 3.74. The number of nitrogens with one attached hydrogen (secondary N) is 1. The highest BCUT2D eigenvalue weighted by Gasteiger charge is 2.28. The number of carbonyl (C=O) groups excluding carboxylic acids is 1. The fraction of sp³-hybridized carbons (Fsp3) is 0.409. The molecule has 29 heavy (non-hydrogen) atoms. The van der Waals surface area contributed by atoms with Crippen molar-refractivity contribution in [2.24, 2.45) is 5.92 Å². The average Bonchev–Trinajstić information content (AvgIpc) is 3.19. The number of H-pyrrole nitrogens is 1. The van der Waals surface area contributed by atoms with Crippen molar-refractivity contribution in [3.05, 3.63) is 41.7 Å². The third kappa shape index (κ3) is 3.94. The largest absolute Gasteiger partial charge is 0.371 e. The number of fused-ring (bicyclic) bond motifs is 1. The van der Waals surface area contributed by atoms with E-state index in [9.17, 15) is 4.79 Å². The van der Waals surface area contributed by atoms with Gasteiger partial charge in [0.2, 0.25) is 5.91 Å². The number of benzene rings is 1. The summed E-state index contributed by atoms with van der Waals surface area (Å²) in [6.07, 6.45) is 5.25. The fourth-order valence-electron chi connectivity index (χ4n) is 4.05. The minimum absolute atomic E-state index is 0.126. The molecule has 0 saturated carbocycles. The topological polar surface area (TPSA) is 65.1 Å². The molecule has 152 valence electrons. The third-order valence-electron chi connectivity index (χ3n) is 5.77.